The van der Waals surface area contributed by atoms with E-state index in [1.807, 2.05) is 7.85 Å². The van der Waals surface area contributed by atoms with Crippen LogP contribution in [-0.2, 0) is 9.47 Å². The maximum Gasteiger partial charge on any atom is 0.139 e. The van der Waals surface area contributed by atoms with Gasteiger partial charge in [-0.3, -0.25) is 0 Å². The van der Waals surface area contributed by atoms with Crippen molar-refractivity contribution < 1.29 is 9.47 Å². The van der Waals surface area contributed by atoms with Crippen molar-refractivity contribution in [2.75, 3.05) is 13.7 Å². The second kappa shape index (κ2) is 4.35. The van der Waals surface area contributed by atoms with Crippen molar-refractivity contribution in [3.05, 3.63) is 10.4 Å². The van der Waals surface area contributed by atoms with E-state index < -0.39 is 0 Å². The minimum atomic E-state index is -0.0686. The molecule has 1 heterocycles. The lowest BCUT2D eigenvalue weighted by Gasteiger charge is -2.12. The summed E-state index contributed by atoms with van der Waals surface area (Å²) in [7, 11) is 3.58. The molecule has 0 radical (unpaired) electrons. The Bertz CT molecular complexity index is 195. The van der Waals surface area contributed by atoms with Crippen molar-refractivity contribution in [3.63, 3.8) is 0 Å². The van der Waals surface area contributed by atoms with E-state index in [9.17, 15) is 0 Å². The molecule has 1 aliphatic rings. The molecule has 66 valence electrons. The predicted octanol–water partition coefficient (Wildman–Crippen LogP) is 0.0598. The first-order valence-electron chi connectivity index (χ1n) is 3.96. The van der Waals surface area contributed by atoms with Gasteiger partial charge in [-0.2, -0.15) is 0 Å². The van der Waals surface area contributed by atoms with E-state index in [4.69, 9.17) is 15.0 Å². The highest BCUT2D eigenvalue weighted by Gasteiger charge is 2.31. The minimum Gasteiger partial charge on any atom is -0.382 e. The molecule has 1 unspecified atom stereocenters. The molecule has 1 saturated heterocycles. The van der Waals surface area contributed by atoms with Gasteiger partial charge in [0.2, 0.25) is 0 Å². The summed E-state index contributed by atoms with van der Waals surface area (Å²) < 4.78 is 10.4. The zero-order valence-electron chi connectivity index (χ0n) is 7.30. The van der Waals surface area contributed by atoms with Crippen LogP contribution >= 0.6 is 0 Å². The lowest BCUT2D eigenvalue weighted by Crippen LogP contribution is -2.24. The van der Waals surface area contributed by atoms with E-state index in [2.05, 4.69) is 10.0 Å². The Morgan fingerprint density at radius 3 is 3.17 bits per heavy atom. The van der Waals surface area contributed by atoms with E-state index in [-0.39, 0.29) is 18.1 Å². The normalized spacial score (nSPS) is 34.6. The zero-order valence-corrected chi connectivity index (χ0v) is 7.30. The van der Waals surface area contributed by atoms with Gasteiger partial charge in [-0.05, 0) is 12.0 Å². The zero-order chi connectivity index (χ0) is 8.97. The molecule has 0 spiro atoms. The van der Waals surface area contributed by atoms with Crippen LogP contribution in [-0.4, -0.2) is 39.7 Å². The highest BCUT2D eigenvalue weighted by atomic mass is 16.5. The fourth-order valence-corrected chi connectivity index (χ4v) is 1.44. The third kappa shape index (κ3) is 2.14. The molecule has 0 saturated carbocycles. The monoisotopic (exact) mass is 169 g/mol. The topological polar surface area (TPSA) is 67.2 Å². The number of nitrogens with zero attached hydrogens (tertiary/aromatic N) is 3. The smallest absolute Gasteiger partial charge is 0.139 e. The summed E-state index contributed by atoms with van der Waals surface area (Å²) in [5.74, 6) is 0. The van der Waals surface area contributed by atoms with E-state index >= 15 is 0 Å². The van der Waals surface area contributed by atoms with Crippen molar-refractivity contribution >= 4 is 7.85 Å². The summed E-state index contributed by atoms with van der Waals surface area (Å²) in [5, 5.41) is 3.65. The third-order valence-corrected chi connectivity index (χ3v) is 1.94. The van der Waals surface area contributed by atoms with Crippen molar-refractivity contribution in [2.45, 2.75) is 24.6 Å². The standard InChI is InChI=1S/C6H12BN3O2/c1-11-3-5-4(9-10-8)2-6(7)12-5/h4-6H,2-3,7H2,1H3/t4?,5-,6-/m1/s1. The molecule has 6 heteroatoms. The molecule has 0 aliphatic carbocycles. The molecule has 0 aromatic heterocycles. The maximum absolute atomic E-state index is 8.26. The quantitative estimate of drug-likeness (QED) is 0.259. The average Bonchev–Trinajstić information content (AvgIpc) is 2.33. The molecular formula is C6H12BN3O2. The molecule has 0 N–H and O–H groups in total. The third-order valence-electron chi connectivity index (χ3n) is 1.94. The van der Waals surface area contributed by atoms with Crippen LogP contribution in [0.2, 0.25) is 0 Å². The molecule has 0 aromatic carbocycles. The Hall–Kier alpha value is -0.705. The number of hydrogen-bond donors (Lipinski definition) is 0. The Kier molecular flexibility index (Phi) is 3.40. The number of hydrogen-bond acceptors (Lipinski definition) is 3. The lowest BCUT2D eigenvalue weighted by atomic mass is 9.95. The van der Waals surface area contributed by atoms with Gasteiger partial charge in [0, 0.05) is 18.0 Å². The van der Waals surface area contributed by atoms with Gasteiger partial charge < -0.3 is 9.47 Å². The second-order valence-electron chi connectivity index (χ2n) is 2.95. The molecule has 3 atom stereocenters. The molecule has 5 nitrogen and oxygen atoms in total. The van der Waals surface area contributed by atoms with Gasteiger partial charge in [-0.25, -0.2) is 0 Å². The van der Waals surface area contributed by atoms with Gasteiger partial charge in [0.15, 0.2) is 0 Å². The van der Waals surface area contributed by atoms with Gasteiger partial charge in [0.05, 0.1) is 18.8 Å². The van der Waals surface area contributed by atoms with Gasteiger partial charge >= 0.3 is 0 Å². The van der Waals surface area contributed by atoms with E-state index in [1.54, 1.807) is 7.11 Å². The summed E-state index contributed by atoms with van der Waals surface area (Å²) in [6.45, 7) is 0.494. The maximum atomic E-state index is 8.26. The molecular weight excluding hydrogens is 157 g/mol. The molecule has 1 rings (SSSR count). The Morgan fingerprint density at radius 2 is 2.58 bits per heavy atom. The highest BCUT2D eigenvalue weighted by molar-refractivity contribution is 6.11. The first-order chi connectivity index (χ1) is 5.77. The molecule has 1 fully saturated rings. The largest absolute Gasteiger partial charge is 0.382 e. The lowest BCUT2D eigenvalue weighted by molar-refractivity contribution is 0.0201. The van der Waals surface area contributed by atoms with Crippen LogP contribution in [0.25, 0.3) is 10.4 Å². The molecule has 0 aromatic rings. The van der Waals surface area contributed by atoms with Crippen LogP contribution in [0.5, 0.6) is 0 Å². The van der Waals surface area contributed by atoms with Gasteiger partial charge in [0.1, 0.15) is 7.85 Å². The average molecular weight is 169 g/mol. The predicted molar refractivity (Wildman–Crippen MR) is 46.6 cm³/mol. The van der Waals surface area contributed by atoms with Gasteiger partial charge in [-0.1, -0.05) is 5.11 Å². The van der Waals surface area contributed by atoms with E-state index in [0.717, 1.165) is 6.42 Å². The summed E-state index contributed by atoms with van der Waals surface area (Å²) in [5.41, 5.74) is 8.26. The van der Waals surface area contributed by atoms with Crippen molar-refractivity contribution in [1.82, 2.24) is 0 Å². The molecule has 12 heavy (non-hydrogen) atoms. The molecule has 1 aliphatic heterocycles. The Morgan fingerprint density at radius 1 is 1.83 bits per heavy atom. The summed E-state index contributed by atoms with van der Waals surface area (Å²) in [6.07, 6.45) is 0.721. The fraction of sp³-hybridized carbons (Fsp3) is 1.00. The van der Waals surface area contributed by atoms with Crippen molar-refractivity contribution in [1.29, 1.82) is 0 Å². The first kappa shape index (κ1) is 9.38. The van der Waals surface area contributed by atoms with E-state index in [0.29, 0.717) is 6.61 Å². The second-order valence-corrected chi connectivity index (χ2v) is 2.95. The number of rotatable bonds is 3. The van der Waals surface area contributed by atoms with E-state index in [1.165, 1.54) is 0 Å². The number of ether oxygens (including phenoxy) is 2. The van der Waals surface area contributed by atoms with Crippen LogP contribution in [0, 0.1) is 0 Å². The van der Waals surface area contributed by atoms with Crippen LogP contribution in [0.3, 0.4) is 0 Å². The van der Waals surface area contributed by atoms with Crippen LogP contribution < -0.4 is 0 Å². The summed E-state index contributed by atoms with van der Waals surface area (Å²) in [4.78, 5) is 2.77. The Labute approximate surface area is 72.1 Å². The number of azide groups is 1. The first-order valence-corrected chi connectivity index (χ1v) is 3.96. The summed E-state index contributed by atoms with van der Waals surface area (Å²) >= 11 is 0. The van der Waals surface area contributed by atoms with Gasteiger partial charge in [-0.15, -0.1) is 0 Å². The van der Waals surface area contributed by atoms with Crippen molar-refractivity contribution in [2.24, 2.45) is 5.11 Å². The molecule has 0 bridgehead atoms. The highest BCUT2D eigenvalue weighted by Crippen LogP contribution is 2.21. The van der Waals surface area contributed by atoms with Crippen LogP contribution in [0.4, 0.5) is 0 Å². The SMILES string of the molecule is B[C@H]1CC(N=[N+]=[N-])[C@@H](COC)O1. The van der Waals surface area contributed by atoms with Crippen molar-refractivity contribution in [3.8, 4) is 0 Å². The van der Waals surface area contributed by atoms with Crippen LogP contribution in [0.15, 0.2) is 5.11 Å². The summed E-state index contributed by atoms with van der Waals surface area (Å²) in [6, 6.07) is 0.102. The fourth-order valence-electron chi connectivity index (χ4n) is 1.44. The minimum absolute atomic E-state index is 0.0649. The Balaban J connectivity index is 2.52. The molecule has 0 amide bonds. The van der Waals surface area contributed by atoms with Crippen LogP contribution in [0.1, 0.15) is 6.42 Å². The van der Waals surface area contributed by atoms with Gasteiger partial charge in [0.25, 0.3) is 0 Å². The number of methoxy groups -OCH3 is 1.